The summed E-state index contributed by atoms with van der Waals surface area (Å²) in [5.74, 6) is 0.567. The number of thioether (sulfide) groups is 1. The van der Waals surface area contributed by atoms with Crippen LogP contribution in [-0.2, 0) is 25.7 Å². The van der Waals surface area contributed by atoms with E-state index < -0.39 is 6.29 Å². The van der Waals surface area contributed by atoms with E-state index in [2.05, 4.69) is 15.6 Å². The second-order valence-corrected chi connectivity index (χ2v) is 12.2. The molecule has 2 amide bonds. The number of hydrogen-bond acceptors (Lipinski definition) is 8. The zero-order valence-electron chi connectivity index (χ0n) is 25.6. The summed E-state index contributed by atoms with van der Waals surface area (Å²) in [6.45, 7) is -0.00601. The lowest BCUT2D eigenvalue weighted by Crippen LogP contribution is -2.31. The minimum atomic E-state index is -0.578. The van der Waals surface area contributed by atoms with Gasteiger partial charge in [0.05, 0.1) is 35.2 Å². The summed E-state index contributed by atoms with van der Waals surface area (Å²) in [7, 11) is 0. The number of nitrogens with one attached hydrogen (secondary N) is 2. The summed E-state index contributed by atoms with van der Waals surface area (Å²) in [6.07, 6.45) is 4.54. The van der Waals surface area contributed by atoms with E-state index in [-0.39, 0.29) is 30.6 Å². The maximum Gasteiger partial charge on any atom is 0.224 e. The summed E-state index contributed by atoms with van der Waals surface area (Å²) in [6, 6.07) is 28.4. The second-order valence-electron chi connectivity index (χ2n) is 11.2. The number of amides is 2. The first-order valence-electron chi connectivity index (χ1n) is 15.6. The van der Waals surface area contributed by atoms with Gasteiger partial charge >= 0.3 is 0 Å². The number of nitrogens with two attached hydrogens (primary N) is 1. The van der Waals surface area contributed by atoms with E-state index in [1.165, 1.54) is 0 Å². The Labute approximate surface area is 273 Å². The number of aliphatic hydroxyl groups is 1. The summed E-state index contributed by atoms with van der Waals surface area (Å²) in [4.78, 5) is 29.2. The molecule has 0 radical (unpaired) electrons. The molecule has 1 aliphatic heterocycles. The van der Waals surface area contributed by atoms with Crippen molar-refractivity contribution in [2.45, 2.75) is 68.7 Å². The van der Waals surface area contributed by atoms with Crippen LogP contribution in [0.3, 0.4) is 0 Å². The van der Waals surface area contributed by atoms with Crippen molar-refractivity contribution in [1.82, 2.24) is 4.98 Å². The van der Waals surface area contributed by atoms with Gasteiger partial charge in [0.2, 0.25) is 11.8 Å². The molecule has 240 valence electrons. The fraction of sp³-hybridized carbons (Fsp3) is 0.306. The predicted molar refractivity (Wildman–Crippen MR) is 181 cm³/mol. The highest BCUT2D eigenvalue weighted by atomic mass is 32.2. The molecule has 3 aromatic carbocycles. The number of ether oxygens (including phenoxy) is 2. The van der Waals surface area contributed by atoms with Crippen molar-refractivity contribution in [3.05, 3.63) is 114 Å². The number of aliphatic hydroxyl groups excluding tert-OH is 1. The Morgan fingerprint density at radius 1 is 0.826 bits per heavy atom. The minimum absolute atomic E-state index is 0.00601. The van der Waals surface area contributed by atoms with E-state index >= 15 is 0 Å². The van der Waals surface area contributed by atoms with E-state index in [1.54, 1.807) is 30.1 Å². The predicted octanol–water partition coefficient (Wildman–Crippen LogP) is 7.02. The molecule has 3 unspecified atom stereocenters. The smallest absolute Gasteiger partial charge is 0.224 e. The molecule has 0 bridgehead atoms. The number of pyridine rings is 1. The van der Waals surface area contributed by atoms with Crippen LogP contribution < -0.4 is 16.4 Å². The summed E-state index contributed by atoms with van der Waals surface area (Å²) in [5.41, 5.74) is 10.5. The van der Waals surface area contributed by atoms with Gasteiger partial charge in [0, 0.05) is 42.5 Å². The average molecular weight is 641 g/mol. The molecule has 10 heteroatoms. The van der Waals surface area contributed by atoms with Gasteiger partial charge in [-0.25, -0.2) is 4.98 Å². The number of para-hydroxylation sites is 2. The molecule has 5 rings (SSSR count). The van der Waals surface area contributed by atoms with Crippen LogP contribution in [0, 0.1) is 0 Å². The largest absolute Gasteiger partial charge is 0.397 e. The quantitative estimate of drug-likeness (QED) is 0.0656. The minimum Gasteiger partial charge on any atom is -0.397 e. The molecule has 0 saturated carbocycles. The molecule has 2 heterocycles. The molecule has 4 aromatic rings. The van der Waals surface area contributed by atoms with E-state index in [0.717, 1.165) is 33.9 Å². The lowest BCUT2D eigenvalue weighted by atomic mass is 10.0. The van der Waals surface area contributed by atoms with Crippen LogP contribution in [0.15, 0.2) is 102 Å². The standard InChI is InChI=1S/C36H40N4O5S/c37-30-8-4-5-9-31(30)40-34(43)11-3-1-2-10-33(42)39-28-19-17-27(18-20-28)36-44-29(24-46-35-12-6-7-21-38-35)22-32(45-36)26-15-13-25(23-41)14-16-26/h4-9,12-21,29,32,36,41H,1-3,10-11,22-24,37H2,(H,39,42)(H,40,43). The molecule has 5 N–H and O–H groups in total. The highest BCUT2D eigenvalue weighted by Crippen LogP contribution is 2.39. The van der Waals surface area contributed by atoms with Gasteiger partial charge in [-0.1, -0.05) is 61.0 Å². The first-order valence-corrected chi connectivity index (χ1v) is 16.5. The molecular weight excluding hydrogens is 600 g/mol. The Morgan fingerprint density at radius 2 is 1.52 bits per heavy atom. The Balaban J connectivity index is 1.10. The van der Waals surface area contributed by atoms with Crippen LogP contribution in [0.4, 0.5) is 17.1 Å². The number of unbranched alkanes of at least 4 members (excludes halogenated alkanes) is 2. The van der Waals surface area contributed by atoms with E-state index in [9.17, 15) is 14.7 Å². The highest BCUT2D eigenvalue weighted by Gasteiger charge is 2.32. The van der Waals surface area contributed by atoms with Crippen LogP contribution in [0.1, 0.15) is 67.6 Å². The van der Waals surface area contributed by atoms with E-state index in [4.69, 9.17) is 15.2 Å². The monoisotopic (exact) mass is 640 g/mol. The van der Waals surface area contributed by atoms with Crippen molar-refractivity contribution in [2.75, 3.05) is 22.1 Å². The SMILES string of the molecule is Nc1ccccc1NC(=O)CCCCCC(=O)Nc1ccc(C2OC(CSc3ccccn3)CC(c3ccc(CO)cc3)O2)cc1. The van der Waals surface area contributed by atoms with Crippen molar-refractivity contribution in [2.24, 2.45) is 0 Å². The number of nitrogen functional groups attached to an aromatic ring is 1. The van der Waals surface area contributed by atoms with Gasteiger partial charge in [-0.05, 0) is 60.4 Å². The van der Waals surface area contributed by atoms with Crippen LogP contribution in [0.5, 0.6) is 0 Å². The van der Waals surface area contributed by atoms with Gasteiger partial charge in [-0.2, -0.15) is 0 Å². The Morgan fingerprint density at radius 3 is 2.22 bits per heavy atom. The van der Waals surface area contributed by atoms with Crippen LogP contribution >= 0.6 is 11.8 Å². The lowest BCUT2D eigenvalue weighted by molar-refractivity contribution is -0.245. The number of rotatable bonds is 14. The number of anilines is 3. The third kappa shape index (κ3) is 9.89. The first-order chi connectivity index (χ1) is 22.5. The first kappa shape index (κ1) is 33.2. The number of carbonyl (C=O) groups excluding carboxylic acids is 2. The van der Waals surface area contributed by atoms with E-state index in [0.29, 0.717) is 49.2 Å². The van der Waals surface area contributed by atoms with Crippen molar-refractivity contribution in [1.29, 1.82) is 0 Å². The normalized spacial score (nSPS) is 17.7. The van der Waals surface area contributed by atoms with Gasteiger partial charge in [-0.3, -0.25) is 9.59 Å². The van der Waals surface area contributed by atoms with Crippen molar-refractivity contribution in [3.63, 3.8) is 0 Å². The van der Waals surface area contributed by atoms with Crippen molar-refractivity contribution < 1.29 is 24.2 Å². The maximum absolute atomic E-state index is 12.6. The number of hydrogen-bond donors (Lipinski definition) is 4. The fourth-order valence-electron chi connectivity index (χ4n) is 5.15. The molecule has 0 aliphatic carbocycles. The molecule has 1 aliphatic rings. The highest BCUT2D eigenvalue weighted by molar-refractivity contribution is 7.99. The molecular formula is C36H40N4O5S. The van der Waals surface area contributed by atoms with Gasteiger partial charge in [0.25, 0.3) is 0 Å². The van der Waals surface area contributed by atoms with Crippen molar-refractivity contribution >= 4 is 40.6 Å². The topological polar surface area (TPSA) is 136 Å². The van der Waals surface area contributed by atoms with Gasteiger partial charge in [0.15, 0.2) is 6.29 Å². The van der Waals surface area contributed by atoms with E-state index in [1.807, 2.05) is 78.9 Å². The number of carbonyl (C=O) groups is 2. The van der Waals surface area contributed by atoms with Crippen molar-refractivity contribution in [3.8, 4) is 0 Å². The third-order valence-electron chi connectivity index (χ3n) is 7.68. The number of nitrogens with zero attached hydrogens (tertiary/aromatic N) is 1. The lowest BCUT2D eigenvalue weighted by Gasteiger charge is -2.36. The summed E-state index contributed by atoms with van der Waals surface area (Å²) >= 11 is 1.65. The summed E-state index contributed by atoms with van der Waals surface area (Å²) < 4.78 is 12.8. The third-order valence-corrected chi connectivity index (χ3v) is 8.75. The molecule has 9 nitrogen and oxygen atoms in total. The number of aromatic nitrogens is 1. The molecule has 46 heavy (non-hydrogen) atoms. The maximum atomic E-state index is 12.6. The average Bonchev–Trinajstić information content (AvgIpc) is 3.09. The van der Waals surface area contributed by atoms with Crippen LogP contribution in [-0.4, -0.2) is 33.8 Å². The molecule has 3 atom stereocenters. The zero-order valence-corrected chi connectivity index (χ0v) is 26.5. The number of benzene rings is 3. The van der Waals surface area contributed by atoms with Gasteiger partial charge < -0.3 is 30.9 Å². The fourth-order valence-corrected chi connectivity index (χ4v) is 6.03. The molecule has 1 saturated heterocycles. The second kappa shape index (κ2) is 16.9. The molecule has 1 fully saturated rings. The molecule has 0 spiro atoms. The van der Waals surface area contributed by atoms with Crippen LogP contribution in [0.2, 0.25) is 0 Å². The Kier molecular flexibility index (Phi) is 12.2. The van der Waals surface area contributed by atoms with Gasteiger partial charge in [0.1, 0.15) is 0 Å². The molecule has 1 aromatic heterocycles. The summed E-state index contributed by atoms with van der Waals surface area (Å²) in [5, 5.41) is 16.2. The zero-order chi connectivity index (χ0) is 32.1. The van der Waals surface area contributed by atoms with Gasteiger partial charge in [-0.15, -0.1) is 11.8 Å². The Hall–Kier alpha value is -4.22. The van der Waals surface area contributed by atoms with Crippen LogP contribution in [0.25, 0.3) is 0 Å². The Bertz CT molecular complexity index is 1550.